The van der Waals surface area contributed by atoms with Gasteiger partial charge in [0.1, 0.15) is 11.8 Å². The molecular weight excluding hydrogens is 317 g/mol. The van der Waals surface area contributed by atoms with Gasteiger partial charge >= 0.3 is 5.97 Å². The molecule has 5 nitrogen and oxygen atoms in total. The Morgan fingerprint density at radius 2 is 2.10 bits per heavy atom. The van der Waals surface area contributed by atoms with E-state index >= 15 is 0 Å². The summed E-state index contributed by atoms with van der Waals surface area (Å²) >= 11 is 11.6. The first kappa shape index (κ1) is 17.3. The normalized spacial score (nSPS) is 11.5. The number of amides is 1. The number of benzene rings is 1. The van der Waals surface area contributed by atoms with Crippen LogP contribution in [0.3, 0.4) is 0 Å². The highest BCUT2D eigenvalue weighted by molar-refractivity contribution is 6.42. The number of allylic oxidation sites excluding steroid dienone is 1. The van der Waals surface area contributed by atoms with E-state index in [9.17, 15) is 9.59 Å². The third-order valence-electron chi connectivity index (χ3n) is 2.55. The third-order valence-corrected chi connectivity index (χ3v) is 3.29. The van der Waals surface area contributed by atoms with Crippen molar-refractivity contribution < 1.29 is 19.4 Å². The Morgan fingerprint density at radius 1 is 1.38 bits per heavy atom. The predicted octanol–water partition coefficient (Wildman–Crippen LogP) is 2.91. The Labute approximate surface area is 132 Å². The zero-order valence-electron chi connectivity index (χ0n) is 11.1. The zero-order chi connectivity index (χ0) is 15.8. The maximum atomic E-state index is 11.7. The van der Waals surface area contributed by atoms with E-state index in [-0.39, 0.29) is 13.0 Å². The second-order valence-electron chi connectivity index (χ2n) is 4.19. The van der Waals surface area contributed by atoms with Crippen LogP contribution in [0.5, 0.6) is 5.75 Å². The van der Waals surface area contributed by atoms with E-state index in [1.165, 1.54) is 6.07 Å². The van der Waals surface area contributed by atoms with Crippen LogP contribution in [0.2, 0.25) is 10.0 Å². The minimum atomic E-state index is -1.10. The maximum absolute atomic E-state index is 11.7. The molecule has 7 heteroatoms. The number of ether oxygens (including phenoxy) is 1. The summed E-state index contributed by atoms with van der Waals surface area (Å²) in [6.07, 6.45) is 2.36. The van der Waals surface area contributed by atoms with Crippen LogP contribution in [0.1, 0.15) is 12.8 Å². The summed E-state index contributed by atoms with van der Waals surface area (Å²) in [7, 11) is 0. The summed E-state index contributed by atoms with van der Waals surface area (Å²) in [4.78, 5) is 22.6. The van der Waals surface area contributed by atoms with Crippen LogP contribution in [-0.4, -0.2) is 29.6 Å². The fourth-order valence-electron chi connectivity index (χ4n) is 1.49. The Morgan fingerprint density at radius 3 is 2.67 bits per heavy atom. The average Bonchev–Trinajstić information content (AvgIpc) is 2.44. The van der Waals surface area contributed by atoms with Crippen LogP contribution < -0.4 is 10.1 Å². The number of halogens is 2. The van der Waals surface area contributed by atoms with E-state index < -0.39 is 17.9 Å². The summed E-state index contributed by atoms with van der Waals surface area (Å²) in [5, 5.41) is 12.0. The van der Waals surface area contributed by atoms with Gasteiger partial charge in [-0.15, -0.1) is 6.58 Å². The van der Waals surface area contributed by atoms with Gasteiger partial charge in [-0.25, -0.2) is 4.79 Å². The summed E-state index contributed by atoms with van der Waals surface area (Å²) in [5.74, 6) is -1.25. The quantitative estimate of drug-likeness (QED) is 0.718. The lowest BCUT2D eigenvalue weighted by atomic mass is 10.1. The number of aliphatic carboxylic acids is 1. The number of carbonyl (C=O) groups is 2. The molecule has 0 fully saturated rings. The Balaban J connectivity index is 2.50. The summed E-state index contributed by atoms with van der Waals surface area (Å²) in [6.45, 7) is 3.20. The molecule has 1 atom stereocenters. The molecule has 0 aliphatic rings. The maximum Gasteiger partial charge on any atom is 0.326 e. The number of hydrogen-bond donors (Lipinski definition) is 2. The lowest BCUT2D eigenvalue weighted by Gasteiger charge is -2.14. The molecule has 114 valence electrons. The Kier molecular flexibility index (Phi) is 7.05. The molecule has 0 spiro atoms. The molecule has 0 saturated heterocycles. The molecule has 0 bridgehead atoms. The fourth-order valence-corrected chi connectivity index (χ4v) is 1.78. The topological polar surface area (TPSA) is 75.6 Å². The molecule has 1 rings (SSSR count). The molecule has 1 amide bonds. The van der Waals surface area contributed by atoms with E-state index in [0.717, 1.165) is 0 Å². The van der Waals surface area contributed by atoms with Crippen LogP contribution in [0.4, 0.5) is 0 Å². The van der Waals surface area contributed by atoms with E-state index in [4.69, 9.17) is 33.0 Å². The lowest BCUT2D eigenvalue weighted by Crippen LogP contribution is -2.42. The molecular formula is C14H15Cl2NO4. The molecule has 1 aromatic carbocycles. The second-order valence-corrected chi connectivity index (χ2v) is 5.00. The average molecular weight is 332 g/mol. The van der Waals surface area contributed by atoms with Gasteiger partial charge in [-0.3, -0.25) is 4.79 Å². The van der Waals surface area contributed by atoms with Gasteiger partial charge in [-0.2, -0.15) is 0 Å². The highest BCUT2D eigenvalue weighted by Crippen LogP contribution is 2.26. The molecule has 1 unspecified atom stereocenters. The van der Waals surface area contributed by atoms with Gasteiger partial charge in [-0.1, -0.05) is 29.3 Å². The summed E-state index contributed by atoms with van der Waals surface area (Å²) in [6, 6.07) is 3.62. The van der Waals surface area contributed by atoms with Crippen molar-refractivity contribution in [1.29, 1.82) is 0 Å². The highest BCUT2D eigenvalue weighted by Gasteiger charge is 2.19. The summed E-state index contributed by atoms with van der Waals surface area (Å²) in [5.41, 5.74) is 0. The van der Waals surface area contributed by atoms with Gasteiger partial charge in [0.05, 0.1) is 10.0 Å². The van der Waals surface area contributed by atoms with E-state index in [1.54, 1.807) is 18.2 Å². The van der Waals surface area contributed by atoms with Gasteiger partial charge in [0.2, 0.25) is 0 Å². The SMILES string of the molecule is C=CCCC(NC(=O)COc1ccc(Cl)c(Cl)c1)C(=O)O. The van der Waals surface area contributed by atoms with Crippen molar-refractivity contribution in [2.24, 2.45) is 0 Å². The molecule has 1 aromatic rings. The van der Waals surface area contributed by atoms with Crippen LogP contribution in [0.15, 0.2) is 30.9 Å². The highest BCUT2D eigenvalue weighted by atomic mass is 35.5. The number of nitrogens with one attached hydrogen (secondary N) is 1. The van der Waals surface area contributed by atoms with Gasteiger partial charge < -0.3 is 15.2 Å². The van der Waals surface area contributed by atoms with Crippen molar-refractivity contribution in [1.82, 2.24) is 5.32 Å². The number of carboxylic acids is 1. The number of carbonyl (C=O) groups excluding carboxylic acids is 1. The molecule has 21 heavy (non-hydrogen) atoms. The van der Waals surface area contributed by atoms with Crippen molar-refractivity contribution >= 4 is 35.1 Å². The summed E-state index contributed by atoms with van der Waals surface area (Å²) < 4.78 is 5.22. The number of carboxylic acid groups (broad SMARTS) is 1. The van der Waals surface area contributed by atoms with Crippen molar-refractivity contribution in [2.45, 2.75) is 18.9 Å². The molecule has 0 aromatic heterocycles. The first-order valence-electron chi connectivity index (χ1n) is 6.15. The first-order chi connectivity index (χ1) is 9.93. The molecule has 2 N–H and O–H groups in total. The Bertz CT molecular complexity index is 534. The van der Waals surface area contributed by atoms with Gasteiger partial charge in [0, 0.05) is 6.07 Å². The Hall–Kier alpha value is -1.72. The van der Waals surface area contributed by atoms with Crippen LogP contribution in [0.25, 0.3) is 0 Å². The molecule has 0 aliphatic carbocycles. The molecule has 0 heterocycles. The molecule has 0 aliphatic heterocycles. The molecule has 0 radical (unpaired) electrons. The zero-order valence-corrected chi connectivity index (χ0v) is 12.7. The lowest BCUT2D eigenvalue weighted by molar-refractivity contribution is -0.142. The van der Waals surface area contributed by atoms with Gasteiger partial charge in [-0.05, 0) is 25.0 Å². The minimum Gasteiger partial charge on any atom is -0.484 e. The van der Waals surface area contributed by atoms with Crippen LogP contribution >= 0.6 is 23.2 Å². The fraction of sp³-hybridized carbons (Fsp3) is 0.286. The predicted molar refractivity (Wildman–Crippen MR) is 81.0 cm³/mol. The third kappa shape index (κ3) is 6.06. The first-order valence-corrected chi connectivity index (χ1v) is 6.90. The van der Waals surface area contributed by atoms with Crippen LogP contribution in [-0.2, 0) is 9.59 Å². The van der Waals surface area contributed by atoms with Gasteiger partial charge in [0.15, 0.2) is 6.61 Å². The van der Waals surface area contributed by atoms with E-state index in [0.29, 0.717) is 22.2 Å². The van der Waals surface area contributed by atoms with Gasteiger partial charge in [0.25, 0.3) is 5.91 Å². The van der Waals surface area contributed by atoms with Crippen molar-refractivity contribution in [3.8, 4) is 5.75 Å². The molecule has 0 saturated carbocycles. The van der Waals surface area contributed by atoms with Crippen molar-refractivity contribution in [3.05, 3.63) is 40.9 Å². The second kappa shape index (κ2) is 8.54. The van der Waals surface area contributed by atoms with Crippen molar-refractivity contribution in [2.75, 3.05) is 6.61 Å². The number of rotatable bonds is 8. The van der Waals surface area contributed by atoms with E-state index in [1.807, 2.05) is 0 Å². The smallest absolute Gasteiger partial charge is 0.326 e. The minimum absolute atomic E-state index is 0.275. The van der Waals surface area contributed by atoms with Crippen LogP contribution in [0, 0.1) is 0 Å². The van der Waals surface area contributed by atoms with Crippen molar-refractivity contribution in [3.63, 3.8) is 0 Å². The van der Waals surface area contributed by atoms with E-state index in [2.05, 4.69) is 11.9 Å². The standard InChI is InChI=1S/C14H15Cl2NO4/c1-2-3-4-12(14(19)20)17-13(18)8-21-9-5-6-10(15)11(16)7-9/h2,5-7,12H,1,3-4,8H2,(H,17,18)(H,19,20). The number of hydrogen-bond acceptors (Lipinski definition) is 3. The largest absolute Gasteiger partial charge is 0.484 e. The monoisotopic (exact) mass is 331 g/mol.